The molecule has 2 rings (SSSR count). The molecule has 3 atom stereocenters. The molecular formula is C15H28N2O. The highest BCUT2D eigenvalue weighted by atomic mass is 16.2. The molecule has 104 valence electrons. The molecule has 2 aliphatic rings. The van der Waals surface area contributed by atoms with Crippen LogP contribution in [0.2, 0.25) is 0 Å². The lowest BCUT2D eigenvalue weighted by atomic mass is 9.79. The molecule has 1 N–H and O–H groups in total. The molecule has 3 unspecified atom stereocenters. The maximum atomic E-state index is 12.6. The summed E-state index contributed by atoms with van der Waals surface area (Å²) < 4.78 is 0. The Morgan fingerprint density at radius 1 is 1.33 bits per heavy atom. The summed E-state index contributed by atoms with van der Waals surface area (Å²) in [5, 5.41) is 3.55. The first-order valence-electron chi connectivity index (χ1n) is 7.64. The Labute approximate surface area is 111 Å². The van der Waals surface area contributed by atoms with Gasteiger partial charge >= 0.3 is 0 Å². The van der Waals surface area contributed by atoms with Crippen LogP contribution in [0.25, 0.3) is 0 Å². The molecule has 1 saturated carbocycles. The molecule has 0 radical (unpaired) electrons. The molecule has 0 spiro atoms. The van der Waals surface area contributed by atoms with Crippen LogP contribution in [-0.4, -0.2) is 29.1 Å². The zero-order valence-electron chi connectivity index (χ0n) is 12.3. The van der Waals surface area contributed by atoms with Gasteiger partial charge in [-0.05, 0) is 38.0 Å². The van der Waals surface area contributed by atoms with E-state index in [0.717, 1.165) is 18.8 Å². The van der Waals surface area contributed by atoms with E-state index in [2.05, 4.69) is 37.9 Å². The molecule has 1 amide bonds. The van der Waals surface area contributed by atoms with E-state index in [4.69, 9.17) is 0 Å². The third kappa shape index (κ3) is 2.42. The number of nitrogens with zero attached hydrogens (tertiary/aromatic N) is 1. The van der Waals surface area contributed by atoms with Crippen LogP contribution >= 0.6 is 0 Å². The SMILES string of the molecule is CCCC1NC(C(C)C)N(C(C)C2CCC2)C1=O. The topological polar surface area (TPSA) is 32.3 Å². The van der Waals surface area contributed by atoms with Gasteiger partial charge in [0, 0.05) is 6.04 Å². The predicted molar refractivity (Wildman–Crippen MR) is 74.1 cm³/mol. The Morgan fingerprint density at radius 2 is 2.00 bits per heavy atom. The van der Waals surface area contributed by atoms with E-state index in [0.29, 0.717) is 17.9 Å². The van der Waals surface area contributed by atoms with Crippen LogP contribution in [0.15, 0.2) is 0 Å². The lowest BCUT2D eigenvalue weighted by Gasteiger charge is -2.40. The minimum Gasteiger partial charge on any atom is -0.323 e. The summed E-state index contributed by atoms with van der Waals surface area (Å²) in [6.07, 6.45) is 6.22. The summed E-state index contributed by atoms with van der Waals surface area (Å²) in [5.41, 5.74) is 0. The summed E-state index contributed by atoms with van der Waals surface area (Å²) >= 11 is 0. The molecule has 0 bridgehead atoms. The third-order valence-corrected chi connectivity index (χ3v) is 4.70. The zero-order chi connectivity index (χ0) is 13.3. The first kappa shape index (κ1) is 13.9. The highest BCUT2D eigenvalue weighted by Crippen LogP contribution is 2.35. The van der Waals surface area contributed by atoms with Gasteiger partial charge in [-0.15, -0.1) is 0 Å². The van der Waals surface area contributed by atoms with Crippen molar-refractivity contribution in [3.8, 4) is 0 Å². The molecule has 0 aromatic heterocycles. The molecule has 3 heteroatoms. The molecule has 0 aromatic carbocycles. The maximum absolute atomic E-state index is 12.6. The second-order valence-corrected chi connectivity index (χ2v) is 6.37. The zero-order valence-corrected chi connectivity index (χ0v) is 12.3. The van der Waals surface area contributed by atoms with Crippen molar-refractivity contribution < 1.29 is 4.79 Å². The van der Waals surface area contributed by atoms with Gasteiger partial charge < -0.3 is 4.90 Å². The Bertz CT molecular complexity index is 299. The third-order valence-electron chi connectivity index (χ3n) is 4.70. The first-order valence-corrected chi connectivity index (χ1v) is 7.64. The number of nitrogens with one attached hydrogen (secondary N) is 1. The quantitative estimate of drug-likeness (QED) is 0.816. The molecule has 1 aliphatic carbocycles. The fourth-order valence-corrected chi connectivity index (χ4v) is 3.29. The van der Waals surface area contributed by atoms with Crippen LogP contribution in [-0.2, 0) is 4.79 Å². The van der Waals surface area contributed by atoms with Crippen molar-refractivity contribution in [2.45, 2.75) is 78.0 Å². The van der Waals surface area contributed by atoms with Gasteiger partial charge in [0.2, 0.25) is 5.91 Å². The number of hydrogen-bond donors (Lipinski definition) is 1. The average Bonchev–Trinajstić information content (AvgIpc) is 2.54. The smallest absolute Gasteiger partial charge is 0.241 e. The van der Waals surface area contributed by atoms with Gasteiger partial charge in [-0.2, -0.15) is 0 Å². The fourth-order valence-electron chi connectivity index (χ4n) is 3.29. The summed E-state index contributed by atoms with van der Waals surface area (Å²) in [7, 11) is 0. The lowest BCUT2D eigenvalue weighted by molar-refractivity contribution is -0.134. The second kappa shape index (κ2) is 5.60. The van der Waals surface area contributed by atoms with E-state index >= 15 is 0 Å². The van der Waals surface area contributed by atoms with Gasteiger partial charge in [-0.25, -0.2) is 0 Å². The Morgan fingerprint density at radius 3 is 2.44 bits per heavy atom. The summed E-state index contributed by atoms with van der Waals surface area (Å²) in [5.74, 6) is 1.56. The first-order chi connectivity index (χ1) is 8.56. The molecular weight excluding hydrogens is 224 g/mol. The number of hydrogen-bond acceptors (Lipinski definition) is 2. The van der Waals surface area contributed by atoms with E-state index in [1.54, 1.807) is 0 Å². The predicted octanol–water partition coefficient (Wildman–Crippen LogP) is 2.76. The van der Waals surface area contributed by atoms with Crippen molar-refractivity contribution in [3.05, 3.63) is 0 Å². The van der Waals surface area contributed by atoms with Gasteiger partial charge in [-0.3, -0.25) is 10.1 Å². The average molecular weight is 252 g/mol. The summed E-state index contributed by atoms with van der Waals surface area (Å²) in [6.45, 7) is 8.81. The van der Waals surface area contributed by atoms with Crippen molar-refractivity contribution in [2.75, 3.05) is 0 Å². The minimum atomic E-state index is 0.0601. The number of carbonyl (C=O) groups excluding carboxylic acids is 1. The monoisotopic (exact) mass is 252 g/mol. The van der Waals surface area contributed by atoms with Crippen molar-refractivity contribution >= 4 is 5.91 Å². The minimum absolute atomic E-state index is 0.0601. The molecule has 2 fully saturated rings. The van der Waals surface area contributed by atoms with Gasteiger partial charge in [0.05, 0.1) is 12.2 Å². The van der Waals surface area contributed by atoms with Crippen molar-refractivity contribution in [1.82, 2.24) is 10.2 Å². The van der Waals surface area contributed by atoms with Crippen molar-refractivity contribution in [1.29, 1.82) is 0 Å². The van der Waals surface area contributed by atoms with Crippen LogP contribution in [0.4, 0.5) is 0 Å². The van der Waals surface area contributed by atoms with Crippen molar-refractivity contribution in [2.24, 2.45) is 11.8 Å². The normalized spacial score (nSPS) is 30.9. The van der Waals surface area contributed by atoms with Crippen LogP contribution in [0.1, 0.15) is 59.8 Å². The summed E-state index contributed by atoms with van der Waals surface area (Å²) in [6, 6.07) is 0.470. The molecule has 18 heavy (non-hydrogen) atoms. The molecule has 1 heterocycles. The fraction of sp³-hybridized carbons (Fsp3) is 0.933. The van der Waals surface area contributed by atoms with Crippen LogP contribution < -0.4 is 5.32 Å². The second-order valence-electron chi connectivity index (χ2n) is 6.37. The lowest BCUT2D eigenvalue weighted by Crippen LogP contribution is -2.50. The Hall–Kier alpha value is -0.570. The van der Waals surface area contributed by atoms with E-state index in [-0.39, 0.29) is 12.2 Å². The van der Waals surface area contributed by atoms with Gasteiger partial charge in [0.15, 0.2) is 0 Å². The molecule has 0 aromatic rings. The van der Waals surface area contributed by atoms with Crippen LogP contribution in [0.5, 0.6) is 0 Å². The van der Waals surface area contributed by atoms with Crippen LogP contribution in [0.3, 0.4) is 0 Å². The van der Waals surface area contributed by atoms with Crippen LogP contribution in [0, 0.1) is 11.8 Å². The van der Waals surface area contributed by atoms with Gasteiger partial charge in [0.25, 0.3) is 0 Å². The maximum Gasteiger partial charge on any atom is 0.241 e. The Kier molecular flexibility index (Phi) is 4.31. The van der Waals surface area contributed by atoms with Gasteiger partial charge in [0.1, 0.15) is 0 Å². The largest absolute Gasteiger partial charge is 0.323 e. The van der Waals surface area contributed by atoms with Gasteiger partial charge in [-0.1, -0.05) is 33.6 Å². The van der Waals surface area contributed by atoms with E-state index < -0.39 is 0 Å². The Balaban J connectivity index is 2.10. The molecule has 3 nitrogen and oxygen atoms in total. The van der Waals surface area contributed by atoms with E-state index in [1.165, 1.54) is 19.3 Å². The number of amides is 1. The molecule has 1 saturated heterocycles. The van der Waals surface area contributed by atoms with E-state index in [9.17, 15) is 4.79 Å². The highest BCUT2D eigenvalue weighted by Gasteiger charge is 2.44. The number of rotatable bonds is 5. The summed E-state index contributed by atoms with van der Waals surface area (Å²) in [4.78, 5) is 14.7. The van der Waals surface area contributed by atoms with E-state index in [1.807, 2.05) is 0 Å². The standard InChI is InChI=1S/C15H28N2O/c1-5-7-13-15(18)17(14(16-13)10(2)3)11(4)12-8-6-9-12/h10-14,16H,5-9H2,1-4H3. The molecule has 1 aliphatic heterocycles. The highest BCUT2D eigenvalue weighted by molar-refractivity contribution is 5.84. The van der Waals surface area contributed by atoms with Crippen molar-refractivity contribution in [3.63, 3.8) is 0 Å². The number of carbonyl (C=O) groups is 1.